The number of nitrogens with one attached hydrogen (secondary N) is 1. The number of nitrogens with two attached hydrogens (primary N) is 1. The Hall–Kier alpha value is -0.640. The first-order chi connectivity index (χ1) is 9.21. The largest absolute Gasteiger partial charge is 0.480 e. The van der Waals surface area contributed by atoms with E-state index < -0.39 is 31.1 Å². The maximum Gasteiger partial charge on any atom is 0.480 e. The van der Waals surface area contributed by atoms with Gasteiger partial charge in [-0.2, -0.15) is 26.3 Å². The van der Waals surface area contributed by atoms with Crippen LogP contribution in [0.3, 0.4) is 0 Å². The summed E-state index contributed by atoms with van der Waals surface area (Å²) in [6.45, 7) is 4.92. The van der Waals surface area contributed by atoms with Crippen LogP contribution in [0.5, 0.6) is 0 Å². The van der Waals surface area contributed by atoms with Gasteiger partial charge in [0.25, 0.3) is 0 Å². The van der Waals surface area contributed by atoms with Gasteiger partial charge in [0.2, 0.25) is 0 Å². The number of hydrogen-bond acceptors (Lipinski definition) is 5. The second-order valence-corrected chi connectivity index (χ2v) is 6.95. The summed E-state index contributed by atoms with van der Waals surface area (Å²) >= 11 is 0. The third kappa shape index (κ3) is 6.77. The molecule has 1 aliphatic heterocycles. The summed E-state index contributed by atoms with van der Waals surface area (Å²) in [4.78, 5) is 0. The van der Waals surface area contributed by atoms with Crippen molar-refractivity contribution in [2.24, 2.45) is 0 Å². The predicted molar refractivity (Wildman–Crippen MR) is 57.8 cm³/mol. The van der Waals surface area contributed by atoms with E-state index in [0.29, 0.717) is 0 Å². The van der Waals surface area contributed by atoms with Crippen molar-refractivity contribution >= 4 is 20.0 Å². The second-order valence-electron chi connectivity index (χ2n) is 3.53. The molecule has 1 saturated heterocycles. The number of piperazine rings is 1. The van der Waals surface area contributed by atoms with Gasteiger partial charge in [-0.05, 0) is 0 Å². The molecule has 1 rings (SSSR count). The van der Waals surface area contributed by atoms with Crippen LogP contribution in [-0.4, -0.2) is 54.0 Å². The summed E-state index contributed by atoms with van der Waals surface area (Å²) in [7, 11) is -13.4. The molecule has 1 heterocycles. The Kier molecular flexibility index (Phi) is 6.86. The van der Waals surface area contributed by atoms with Crippen LogP contribution in [0.1, 0.15) is 0 Å². The molecule has 0 aromatic carbocycles. The fourth-order valence-electron chi connectivity index (χ4n) is 0.891. The highest BCUT2D eigenvalue weighted by atomic mass is 32.3. The number of alkyl halides is 6. The van der Waals surface area contributed by atoms with Crippen LogP contribution in [0.4, 0.5) is 26.3 Å². The number of nitrogens with zero attached hydrogens (tertiary/aromatic N) is 1. The molecule has 7 nitrogen and oxygen atoms in total. The minimum absolute atomic E-state index is 0.778. The maximum atomic E-state index is 11.4. The van der Waals surface area contributed by atoms with Crippen LogP contribution in [0.2, 0.25) is 0 Å². The van der Waals surface area contributed by atoms with Crippen molar-refractivity contribution in [3.63, 3.8) is 0 Å². The second kappa shape index (κ2) is 7.08. The van der Waals surface area contributed by atoms with E-state index >= 15 is 0 Å². The molecular weight excluding hydrogens is 356 g/mol. The molecule has 0 aromatic rings. The lowest BCUT2D eigenvalue weighted by molar-refractivity contribution is -0.657. The van der Waals surface area contributed by atoms with Crippen LogP contribution in [-0.2, 0) is 20.0 Å². The lowest BCUT2D eigenvalue weighted by atomic mass is 10.4. The molecule has 15 heteroatoms. The predicted octanol–water partition coefficient (Wildman–Crippen LogP) is -0.788. The monoisotopic (exact) mass is 367 g/mol. The zero-order valence-corrected chi connectivity index (χ0v) is 11.7. The van der Waals surface area contributed by atoms with Gasteiger partial charge in [0, 0.05) is 13.1 Å². The molecule has 0 saturated carbocycles. The summed E-state index contributed by atoms with van der Waals surface area (Å²) in [5.74, 6) is 0. The Balaban J connectivity index is 0.000000547. The zero-order valence-electron chi connectivity index (χ0n) is 10.1. The van der Waals surface area contributed by atoms with E-state index in [-0.39, 0.29) is 0 Å². The van der Waals surface area contributed by atoms with Crippen molar-refractivity contribution in [2.75, 3.05) is 26.2 Å². The van der Waals surface area contributed by atoms with Gasteiger partial charge in [-0.25, -0.2) is 16.8 Å². The van der Waals surface area contributed by atoms with Crippen molar-refractivity contribution in [2.45, 2.75) is 11.0 Å². The summed E-state index contributed by atoms with van der Waals surface area (Å²) in [6.07, 6.45) is 0. The molecule has 0 atom stereocenters. The van der Waals surface area contributed by atoms with E-state index in [0.717, 1.165) is 4.13 Å². The van der Waals surface area contributed by atoms with Crippen molar-refractivity contribution in [1.29, 1.82) is 0 Å². The summed E-state index contributed by atoms with van der Waals surface area (Å²) < 4.78 is 109. The van der Waals surface area contributed by atoms with E-state index in [1.165, 1.54) is 26.2 Å². The first kappa shape index (κ1) is 20.4. The van der Waals surface area contributed by atoms with Gasteiger partial charge in [0.15, 0.2) is 20.0 Å². The Bertz CT molecular complexity index is 468. The van der Waals surface area contributed by atoms with Crippen LogP contribution in [0.25, 0.3) is 4.13 Å². The van der Waals surface area contributed by atoms with Gasteiger partial charge in [-0.3, -0.25) is 0 Å². The van der Waals surface area contributed by atoms with Crippen LogP contribution < -0.4 is 10.6 Å². The molecule has 1 fully saturated rings. The molecule has 0 radical (unpaired) electrons. The Morgan fingerprint density at radius 3 is 1.29 bits per heavy atom. The molecule has 0 aromatic heterocycles. The lowest BCUT2D eigenvalue weighted by Gasteiger charge is -2.22. The van der Waals surface area contributed by atoms with E-state index in [1.807, 2.05) is 0 Å². The average Bonchev–Trinajstić information content (AvgIpc) is 2.27. The zero-order chi connectivity index (χ0) is 16.9. The van der Waals surface area contributed by atoms with Gasteiger partial charge >= 0.3 is 11.0 Å². The molecule has 21 heavy (non-hydrogen) atoms. The summed E-state index contributed by atoms with van der Waals surface area (Å²) in [5.41, 5.74) is -12.4. The van der Waals surface area contributed by atoms with Gasteiger partial charge in [-0.15, -0.1) is 0 Å². The molecule has 0 aliphatic carbocycles. The first-order valence-corrected chi connectivity index (χ1v) is 7.98. The van der Waals surface area contributed by atoms with Crippen molar-refractivity contribution in [3.05, 3.63) is 4.13 Å². The highest BCUT2D eigenvalue weighted by Gasteiger charge is 2.46. The molecule has 0 bridgehead atoms. The molecular formula is C6H11F6N3O4S2. The van der Waals surface area contributed by atoms with Gasteiger partial charge in [0.1, 0.15) is 0 Å². The van der Waals surface area contributed by atoms with Crippen LogP contribution >= 0.6 is 0 Å². The first-order valence-electron chi connectivity index (χ1n) is 5.10. The summed E-state index contributed by atoms with van der Waals surface area (Å²) in [5, 5.41) is 5.58. The Morgan fingerprint density at radius 2 is 1.14 bits per heavy atom. The number of sulfonamides is 2. The Labute approximate surface area is 116 Å². The Morgan fingerprint density at radius 1 is 0.810 bits per heavy atom. The SMILES string of the molecule is C1C[NH2+]CCN1.O=S(=O)([N-]S(=O)(=O)C(F)(F)F)C(F)(F)F. The average molecular weight is 367 g/mol. The van der Waals surface area contributed by atoms with Gasteiger partial charge in [0.05, 0.1) is 13.1 Å². The number of hydrogen-bond donors (Lipinski definition) is 2. The van der Waals surface area contributed by atoms with E-state index in [9.17, 15) is 43.2 Å². The summed E-state index contributed by atoms with van der Waals surface area (Å²) in [6, 6.07) is 0. The third-order valence-electron chi connectivity index (χ3n) is 1.83. The van der Waals surface area contributed by atoms with Crippen LogP contribution in [0, 0.1) is 0 Å². The van der Waals surface area contributed by atoms with Gasteiger partial charge in [-0.1, -0.05) is 0 Å². The fourth-order valence-corrected chi connectivity index (χ4v) is 2.60. The topological polar surface area (TPSA) is 111 Å². The molecule has 0 unspecified atom stereocenters. The lowest BCUT2D eigenvalue weighted by Crippen LogP contribution is -2.89. The third-order valence-corrected chi connectivity index (χ3v) is 4.57. The highest BCUT2D eigenvalue weighted by molar-refractivity contribution is 8.13. The smallest absolute Gasteiger partial charge is 0.421 e. The quantitative estimate of drug-likeness (QED) is 0.622. The van der Waals surface area contributed by atoms with E-state index in [1.54, 1.807) is 0 Å². The molecule has 128 valence electrons. The number of rotatable bonds is 2. The van der Waals surface area contributed by atoms with Crippen molar-refractivity contribution < 1.29 is 48.5 Å². The minimum Gasteiger partial charge on any atom is -0.421 e. The normalized spacial score (nSPS) is 17.8. The van der Waals surface area contributed by atoms with Crippen molar-refractivity contribution in [1.82, 2.24) is 5.32 Å². The van der Waals surface area contributed by atoms with Gasteiger partial charge < -0.3 is 14.8 Å². The van der Waals surface area contributed by atoms with E-state index in [2.05, 4.69) is 10.6 Å². The maximum absolute atomic E-state index is 11.4. The molecule has 0 spiro atoms. The van der Waals surface area contributed by atoms with Crippen LogP contribution in [0.15, 0.2) is 0 Å². The minimum atomic E-state index is -6.72. The van der Waals surface area contributed by atoms with E-state index in [4.69, 9.17) is 0 Å². The standard InChI is InChI=1S/C4H10N2.C2F6NO4S2/c1-2-6-4-3-5-1;3-1(4,5)14(10,11)9-15(12,13)2(6,7)8/h5-6H,1-4H2;/q;-1/p+1. The number of halogens is 6. The van der Waals surface area contributed by atoms with Crippen molar-refractivity contribution in [3.8, 4) is 0 Å². The molecule has 0 amide bonds. The molecule has 1 aliphatic rings. The highest BCUT2D eigenvalue weighted by Crippen LogP contribution is 2.36. The fraction of sp³-hybridized carbons (Fsp3) is 1.00. The number of quaternary nitrogens is 1. The molecule has 3 N–H and O–H groups in total.